The molecule has 9 nitrogen and oxygen atoms in total. The van der Waals surface area contributed by atoms with Crippen molar-refractivity contribution in [3.8, 4) is 5.75 Å². The monoisotopic (exact) mass is 627 g/mol. The number of hydrazine groups is 1. The van der Waals surface area contributed by atoms with E-state index in [1.54, 1.807) is 42.5 Å². The average Bonchev–Trinajstić information content (AvgIpc) is 3.40. The van der Waals surface area contributed by atoms with Crippen LogP contribution in [0.15, 0.2) is 83.9 Å². The van der Waals surface area contributed by atoms with Gasteiger partial charge in [0.1, 0.15) is 5.75 Å². The first-order valence-electron chi connectivity index (χ1n) is 13.8. The van der Waals surface area contributed by atoms with Gasteiger partial charge in [0.15, 0.2) is 17.9 Å². The number of amides is 1. The van der Waals surface area contributed by atoms with E-state index in [2.05, 4.69) is 10.9 Å². The molecular formula is C32H35Cl2N3O6. The van der Waals surface area contributed by atoms with Gasteiger partial charge in [-0.2, -0.15) is 0 Å². The summed E-state index contributed by atoms with van der Waals surface area (Å²) in [5, 5.41) is 9.83. The molecule has 0 radical (unpaired) electrons. The Morgan fingerprint density at radius 2 is 1.84 bits per heavy atom. The van der Waals surface area contributed by atoms with Crippen LogP contribution < -0.4 is 15.6 Å². The number of aliphatic imine (C=N–C) groups is 1. The summed E-state index contributed by atoms with van der Waals surface area (Å²) in [6.07, 6.45) is 3.07. The second-order valence-corrected chi connectivity index (χ2v) is 10.6. The Bertz CT molecular complexity index is 1400. The third kappa shape index (κ3) is 8.35. The largest absolute Gasteiger partial charge is 0.494 e. The molecule has 228 valence electrons. The van der Waals surface area contributed by atoms with Crippen LogP contribution in [0.2, 0.25) is 10.0 Å². The summed E-state index contributed by atoms with van der Waals surface area (Å²) in [6, 6.07) is 22.0. The molecule has 1 amide bonds. The Balaban J connectivity index is 1.73. The molecule has 0 aromatic heterocycles. The Morgan fingerprint density at radius 3 is 2.51 bits per heavy atom. The molecule has 0 aliphatic carbocycles. The van der Waals surface area contributed by atoms with Crippen molar-refractivity contribution < 1.29 is 28.8 Å². The molecule has 43 heavy (non-hydrogen) atoms. The molecule has 11 heteroatoms. The molecule has 0 saturated heterocycles. The van der Waals surface area contributed by atoms with Gasteiger partial charge in [-0.1, -0.05) is 71.8 Å². The van der Waals surface area contributed by atoms with Gasteiger partial charge in [-0.05, 0) is 42.0 Å². The Morgan fingerprint density at radius 1 is 1.09 bits per heavy atom. The van der Waals surface area contributed by atoms with E-state index in [-0.39, 0.29) is 25.5 Å². The number of carbonyl (C=O) groups excluding carboxylic acids is 1. The van der Waals surface area contributed by atoms with Crippen LogP contribution in [0.25, 0.3) is 6.08 Å². The summed E-state index contributed by atoms with van der Waals surface area (Å²) >= 11 is 12.9. The minimum absolute atomic E-state index is 0.0483. The van der Waals surface area contributed by atoms with Gasteiger partial charge in [0, 0.05) is 54.8 Å². The van der Waals surface area contributed by atoms with E-state index in [0.29, 0.717) is 39.9 Å². The van der Waals surface area contributed by atoms with Crippen LogP contribution in [0.1, 0.15) is 35.6 Å². The van der Waals surface area contributed by atoms with Crippen LogP contribution in [-0.2, 0) is 19.0 Å². The van der Waals surface area contributed by atoms with Crippen LogP contribution in [0.3, 0.4) is 0 Å². The summed E-state index contributed by atoms with van der Waals surface area (Å²) in [4.78, 5) is 19.1. The third-order valence-corrected chi connectivity index (χ3v) is 7.37. The highest BCUT2D eigenvalue weighted by molar-refractivity contribution is 6.35. The van der Waals surface area contributed by atoms with E-state index in [9.17, 15) is 4.79 Å². The first kappa shape index (κ1) is 32.5. The van der Waals surface area contributed by atoms with E-state index in [1.165, 1.54) is 14.2 Å². The van der Waals surface area contributed by atoms with E-state index in [0.717, 1.165) is 5.56 Å². The number of aliphatic hydroxyl groups is 1. The highest BCUT2D eigenvalue weighted by Crippen LogP contribution is 2.45. The molecule has 3 aromatic carbocycles. The van der Waals surface area contributed by atoms with Crippen LogP contribution in [-0.4, -0.2) is 62.7 Å². The third-order valence-electron chi connectivity index (χ3n) is 6.81. The first-order valence-corrected chi connectivity index (χ1v) is 14.5. The molecular weight excluding hydrogens is 593 g/mol. The van der Waals surface area contributed by atoms with Gasteiger partial charge in [-0.3, -0.25) is 10.2 Å². The zero-order valence-corrected chi connectivity index (χ0v) is 25.5. The van der Waals surface area contributed by atoms with Gasteiger partial charge in [0.05, 0.1) is 13.2 Å². The molecule has 0 saturated carbocycles. The van der Waals surface area contributed by atoms with Crippen molar-refractivity contribution in [1.29, 1.82) is 0 Å². The fraction of sp³-hybridized carbons (Fsp3) is 0.312. The highest BCUT2D eigenvalue weighted by Gasteiger charge is 2.53. The van der Waals surface area contributed by atoms with Gasteiger partial charge < -0.3 is 24.1 Å². The lowest BCUT2D eigenvalue weighted by Gasteiger charge is -2.30. The van der Waals surface area contributed by atoms with E-state index in [1.807, 2.05) is 42.5 Å². The van der Waals surface area contributed by atoms with Gasteiger partial charge in [-0.25, -0.2) is 10.4 Å². The molecule has 1 aliphatic heterocycles. The number of nitrogens with zero attached hydrogens (tertiary/aromatic N) is 1. The van der Waals surface area contributed by atoms with Crippen LogP contribution in [0.5, 0.6) is 5.75 Å². The maximum Gasteiger partial charge on any atom is 0.266 e. The van der Waals surface area contributed by atoms with Gasteiger partial charge in [0.25, 0.3) is 5.91 Å². The number of ether oxygens (including phenoxy) is 4. The molecule has 3 N–H and O–H groups in total. The second kappa shape index (κ2) is 15.9. The highest BCUT2D eigenvalue weighted by atomic mass is 35.5. The van der Waals surface area contributed by atoms with E-state index >= 15 is 0 Å². The van der Waals surface area contributed by atoms with Crippen LogP contribution in [0.4, 0.5) is 0 Å². The lowest BCUT2D eigenvalue weighted by molar-refractivity contribution is -0.131. The Labute approximate surface area is 261 Å². The molecule has 0 bridgehead atoms. The van der Waals surface area contributed by atoms with Gasteiger partial charge in [0.2, 0.25) is 5.90 Å². The number of aliphatic hydroxyl groups excluding tert-OH is 1. The van der Waals surface area contributed by atoms with Crippen molar-refractivity contribution in [2.75, 3.05) is 34.0 Å². The molecule has 0 spiro atoms. The van der Waals surface area contributed by atoms with E-state index < -0.39 is 23.8 Å². The van der Waals surface area contributed by atoms with Crippen molar-refractivity contribution >= 4 is 41.1 Å². The number of nitrogens with one attached hydrogen (secondary N) is 2. The molecule has 0 unspecified atom stereocenters. The number of rotatable bonds is 15. The lowest BCUT2D eigenvalue weighted by Crippen LogP contribution is -2.54. The maximum atomic E-state index is 14.1. The average molecular weight is 629 g/mol. The zero-order valence-electron chi connectivity index (χ0n) is 24.0. The van der Waals surface area contributed by atoms with Crippen LogP contribution in [0, 0.1) is 0 Å². The maximum absolute atomic E-state index is 14.1. The number of methoxy groups -OCH3 is 2. The molecule has 1 heterocycles. The molecule has 4 rings (SSSR count). The standard InChI is InChI=1S/C32H35Cl2N3O6/c1-40-28(41-2)21-35-37-31(39)32(17-6-10-22-8-4-3-5-9-22)29(26-16-13-24(33)20-27(26)34)43-30(36-32)23-11-14-25(15-12-23)42-19-7-18-38/h3-6,8-16,20,28-29,35,38H,7,17-19,21H2,1-2H3,(H,37,39)/b10-6+/t29-,32-/m0/s1. The Hall–Kier alpha value is -3.44. The number of halogens is 2. The van der Waals surface area contributed by atoms with E-state index in [4.69, 9.17) is 52.2 Å². The van der Waals surface area contributed by atoms with Crippen molar-refractivity contribution in [3.63, 3.8) is 0 Å². The van der Waals surface area contributed by atoms with Gasteiger partial charge >= 0.3 is 0 Å². The molecule has 1 aliphatic rings. The van der Waals surface area contributed by atoms with Crippen molar-refractivity contribution in [2.45, 2.75) is 30.8 Å². The molecule has 3 aromatic rings. The summed E-state index contributed by atoms with van der Waals surface area (Å²) < 4.78 is 22.6. The topological polar surface area (TPSA) is 111 Å². The Kier molecular flexibility index (Phi) is 12.0. The number of benzene rings is 3. The number of hydrogen-bond acceptors (Lipinski definition) is 8. The molecule has 0 fully saturated rings. The SMILES string of the molecule is COC(CNNC(=O)[C@@]1(C/C=C/c2ccccc2)N=C(c2ccc(OCCCO)cc2)O[C@H]1c1ccc(Cl)cc1Cl)OC. The smallest absolute Gasteiger partial charge is 0.266 e. The lowest BCUT2D eigenvalue weighted by atomic mass is 9.84. The normalized spacial score (nSPS) is 18.1. The van der Waals surface area contributed by atoms with Crippen molar-refractivity contribution in [2.24, 2.45) is 4.99 Å². The quantitative estimate of drug-likeness (QED) is 0.118. The van der Waals surface area contributed by atoms with Crippen molar-refractivity contribution in [1.82, 2.24) is 10.9 Å². The molecule has 2 atom stereocenters. The number of hydrogen-bond donors (Lipinski definition) is 3. The fourth-order valence-electron chi connectivity index (χ4n) is 4.53. The minimum atomic E-state index is -1.46. The van der Waals surface area contributed by atoms with Gasteiger partial charge in [-0.15, -0.1) is 0 Å². The summed E-state index contributed by atoms with van der Waals surface area (Å²) in [6.45, 7) is 0.629. The minimum Gasteiger partial charge on any atom is -0.494 e. The van der Waals surface area contributed by atoms with Crippen LogP contribution >= 0.6 is 23.2 Å². The first-order chi connectivity index (χ1) is 20.9. The number of carbonyl (C=O) groups is 1. The summed E-state index contributed by atoms with van der Waals surface area (Å²) in [5.74, 6) is 0.469. The second-order valence-electron chi connectivity index (χ2n) is 9.71. The summed E-state index contributed by atoms with van der Waals surface area (Å²) in [5.41, 5.74) is 6.39. The predicted molar refractivity (Wildman–Crippen MR) is 167 cm³/mol. The zero-order chi connectivity index (χ0) is 30.7. The summed E-state index contributed by atoms with van der Waals surface area (Å²) in [7, 11) is 3.02. The fourth-order valence-corrected chi connectivity index (χ4v) is 5.04. The predicted octanol–water partition coefficient (Wildman–Crippen LogP) is 5.35. The van der Waals surface area contributed by atoms with Crippen molar-refractivity contribution in [3.05, 3.63) is 106 Å².